The van der Waals surface area contributed by atoms with Crippen LogP contribution in [0.5, 0.6) is 11.5 Å². The molecule has 0 saturated heterocycles. The number of aryl methyl sites for hydroxylation is 1. The quantitative estimate of drug-likeness (QED) is 0.336. The van der Waals surface area contributed by atoms with E-state index in [-0.39, 0.29) is 25.0 Å². The zero-order valence-electron chi connectivity index (χ0n) is 20.2. The van der Waals surface area contributed by atoms with E-state index in [1.807, 2.05) is 0 Å². The number of benzene rings is 1. The highest BCUT2D eigenvalue weighted by Gasteiger charge is 2.48. The molecule has 2 saturated carbocycles. The van der Waals surface area contributed by atoms with Crippen molar-refractivity contribution in [3.63, 3.8) is 0 Å². The number of ether oxygens (including phenoxy) is 2. The molecule has 2 nitrogen and oxygen atoms in total. The molecule has 1 aromatic carbocycles. The van der Waals surface area contributed by atoms with Gasteiger partial charge in [-0.15, -0.1) is 0 Å². The maximum absolute atomic E-state index is 15.1. The highest BCUT2D eigenvalue weighted by molar-refractivity contribution is 5.49. The fraction of sp³-hybridized carbons (Fsp3) is 0.769. The smallest absolute Gasteiger partial charge is 0.422 e. The molecule has 0 amide bonds. The van der Waals surface area contributed by atoms with E-state index in [0.717, 1.165) is 24.8 Å². The van der Waals surface area contributed by atoms with Crippen molar-refractivity contribution < 1.29 is 35.8 Å². The zero-order valence-corrected chi connectivity index (χ0v) is 20.2. The lowest BCUT2D eigenvalue weighted by Gasteiger charge is -2.39. The van der Waals surface area contributed by atoms with Gasteiger partial charge in [0.15, 0.2) is 11.6 Å². The molecule has 0 N–H and O–H groups in total. The highest BCUT2D eigenvalue weighted by atomic mass is 19.4. The van der Waals surface area contributed by atoms with Crippen LogP contribution in [0.1, 0.15) is 89.2 Å². The molecule has 194 valence electrons. The number of alkyl halides is 5. The molecule has 0 heterocycles. The van der Waals surface area contributed by atoms with Crippen LogP contribution in [0.3, 0.4) is 0 Å². The van der Waals surface area contributed by atoms with Gasteiger partial charge in [0, 0.05) is 0 Å². The molecule has 0 aromatic heterocycles. The molecule has 1 aromatic rings. The molecule has 2 fully saturated rings. The van der Waals surface area contributed by atoms with E-state index < -0.39 is 41.1 Å². The minimum Gasteiger partial charge on any atom is -0.491 e. The van der Waals surface area contributed by atoms with Gasteiger partial charge in [0.25, 0.3) is 0 Å². The van der Waals surface area contributed by atoms with E-state index in [0.29, 0.717) is 24.7 Å². The molecule has 0 aliphatic heterocycles. The van der Waals surface area contributed by atoms with Crippen molar-refractivity contribution in [1.29, 1.82) is 0 Å². The van der Waals surface area contributed by atoms with Crippen LogP contribution in [0.4, 0.5) is 26.3 Å². The van der Waals surface area contributed by atoms with Crippen molar-refractivity contribution in [3.05, 3.63) is 23.0 Å². The minimum atomic E-state index is -5.21. The summed E-state index contributed by atoms with van der Waals surface area (Å²) in [4.78, 5) is 0. The van der Waals surface area contributed by atoms with Crippen LogP contribution in [0, 0.1) is 36.4 Å². The number of halogens is 6. The number of hydrogen-bond acceptors (Lipinski definition) is 2. The van der Waals surface area contributed by atoms with Gasteiger partial charge in [-0.05, 0) is 81.8 Å². The van der Waals surface area contributed by atoms with Gasteiger partial charge in [-0.1, -0.05) is 32.6 Å². The molecule has 8 heteroatoms. The molecule has 2 aliphatic rings. The minimum absolute atomic E-state index is 0.0620. The third-order valence-electron chi connectivity index (χ3n) is 7.69. The molecule has 0 unspecified atom stereocenters. The Hall–Kier alpha value is -1.60. The molecule has 0 atom stereocenters. The normalized spacial score (nSPS) is 26.4. The van der Waals surface area contributed by atoms with Gasteiger partial charge in [-0.25, -0.2) is 4.39 Å². The van der Waals surface area contributed by atoms with Crippen LogP contribution in [0.2, 0.25) is 0 Å². The third-order valence-corrected chi connectivity index (χ3v) is 7.69. The largest absolute Gasteiger partial charge is 0.491 e. The average Bonchev–Trinajstić information content (AvgIpc) is 2.77. The monoisotopic (exact) mass is 494 g/mol. The first kappa shape index (κ1) is 27.0. The first-order valence-electron chi connectivity index (χ1n) is 12.6. The average molecular weight is 495 g/mol. The molecular weight excluding hydrogens is 458 g/mol. The third kappa shape index (κ3) is 6.14. The molecular formula is C26H36F6O2. The Balaban J connectivity index is 1.69. The maximum atomic E-state index is 15.1. The van der Waals surface area contributed by atoms with Crippen molar-refractivity contribution in [1.82, 2.24) is 0 Å². The molecule has 34 heavy (non-hydrogen) atoms. The summed E-state index contributed by atoms with van der Waals surface area (Å²) in [5.74, 6) is -3.01. The van der Waals surface area contributed by atoms with Crippen LogP contribution in [-0.2, 0) is 6.18 Å². The molecule has 0 spiro atoms. The van der Waals surface area contributed by atoms with Gasteiger partial charge in [0.2, 0.25) is 0 Å². The Morgan fingerprint density at radius 3 is 1.94 bits per heavy atom. The van der Waals surface area contributed by atoms with Crippen molar-refractivity contribution in [2.75, 3.05) is 6.61 Å². The van der Waals surface area contributed by atoms with Crippen molar-refractivity contribution in [2.45, 2.75) is 97.3 Å². The summed E-state index contributed by atoms with van der Waals surface area (Å²) in [6, 6.07) is 0.977. The van der Waals surface area contributed by atoms with Gasteiger partial charge >= 0.3 is 12.3 Å². The van der Waals surface area contributed by atoms with E-state index in [1.54, 1.807) is 0 Å². The predicted octanol–water partition coefficient (Wildman–Crippen LogP) is 8.94. The first-order valence-corrected chi connectivity index (χ1v) is 12.6. The topological polar surface area (TPSA) is 18.5 Å². The highest BCUT2D eigenvalue weighted by Crippen LogP contribution is 2.49. The second kappa shape index (κ2) is 11.0. The van der Waals surface area contributed by atoms with Gasteiger partial charge in [0.05, 0.1) is 12.5 Å². The summed E-state index contributed by atoms with van der Waals surface area (Å²) in [6.07, 6.45) is -0.336. The SMILES string of the molecule is CCCC1CCC(C2CCC(C(F)(F)Oc3c(C)cc(OCC)c(F)c3C(F)(F)F)CC2)CC1. The predicted molar refractivity (Wildman–Crippen MR) is 119 cm³/mol. The fourth-order valence-corrected chi connectivity index (χ4v) is 5.89. The van der Waals surface area contributed by atoms with E-state index in [9.17, 15) is 17.6 Å². The van der Waals surface area contributed by atoms with Crippen LogP contribution in [0.15, 0.2) is 6.07 Å². The number of hydrogen-bond donors (Lipinski definition) is 0. The lowest BCUT2D eigenvalue weighted by Crippen LogP contribution is -2.39. The lowest BCUT2D eigenvalue weighted by molar-refractivity contribution is -0.227. The maximum Gasteiger partial charge on any atom is 0.422 e. The molecule has 3 rings (SSSR count). The Morgan fingerprint density at radius 2 is 1.44 bits per heavy atom. The van der Waals surface area contributed by atoms with Crippen LogP contribution >= 0.6 is 0 Å². The Morgan fingerprint density at radius 1 is 0.882 bits per heavy atom. The number of rotatable bonds is 8. The van der Waals surface area contributed by atoms with Crippen molar-refractivity contribution in [3.8, 4) is 11.5 Å². The van der Waals surface area contributed by atoms with E-state index in [4.69, 9.17) is 9.47 Å². The van der Waals surface area contributed by atoms with Gasteiger partial charge in [0.1, 0.15) is 11.3 Å². The molecule has 2 aliphatic carbocycles. The molecule has 0 bridgehead atoms. The van der Waals surface area contributed by atoms with Crippen molar-refractivity contribution >= 4 is 0 Å². The van der Waals surface area contributed by atoms with E-state index in [1.165, 1.54) is 39.5 Å². The lowest BCUT2D eigenvalue weighted by atomic mass is 9.68. The Kier molecular flexibility index (Phi) is 8.72. The fourth-order valence-electron chi connectivity index (χ4n) is 5.89. The Labute approximate surface area is 198 Å². The van der Waals surface area contributed by atoms with Crippen molar-refractivity contribution in [2.24, 2.45) is 23.7 Å². The summed E-state index contributed by atoms with van der Waals surface area (Å²) in [7, 11) is 0. The second-order valence-electron chi connectivity index (χ2n) is 9.99. The first-order chi connectivity index (χ1) is 16.0. The second-order valence-corrected chi connectivity index (χ2v) is 9.99. The summed E-state index contributed by atoms with van der Waals surface area (Å²) in [5, 5.41) is 0. The standard InChI is InChI=1S/C26H36F6O2/c1-4-6-17-7-9-18(10-8-17)19-11-13-20(14-12-19)26(31,32)34-24-16(3)15-21(33-5-2)23(27)22(24)25(28,29)30/h15,17-20H,4-14H2,1-3H3. The zero-order chi connectivity index (χ0) is 25.1. The van der Waals surface area contributed by atoms with Crippen LogP contribution in [0.25, 0.3) is 0 Å². The summed E-state index contributed by atoms with van der Waals surface area (Å²) in [6.45, 7) is 4.81. The van der Waals surface area contributed by atoms with E-state index >= 15 is 8.78 Å². The van der Waals surface area contributed by atoms with Gasteiger partial charge < -0.3 is 9.47 Å². The van der Waals surface area contributed by atoms with Gasteiger partial charge in [-0.2, -0.15) is 22.0 Å². The van der Waals surface area contributed by atoms with E-state index in [2.05, 4.69) is 6.92 Å². The summed E-state index contributed by atoms with van der Waals surface area (Å²) >= 11 is 0. The van der Waals surface area contributed by atoms with Gasteiger partial charge in [-0.3, -0.25) is 0 Å². The summed E-state index contributed by atoms with van der Waals surface area (Å²) in [5.41, 5.74) is -2.08. The van der Waals surface area contributed by atoms with Crippen LogP contribution in [-0.4, -0.2) is 12.7 Å². The van der Waals surface area contributed by atoms with Crippen LogP contribution < -0.4 is 9.47 Å². The Bertz CT molecular complexity index is 806. The summed E-state index contributed by atoms with van der Waals surface area (Å²) < 4.78 is 95.3. The molecule has 0 radical (unpaired) electrons.